The van der Waals surface area contributed by atoms with E-state index in [2.05, 4.69) is 62.9 Å². The van der Waals surface area contributed by atoms with Gasteiger partial charge in [0.25, 0.3) is 0 Å². The number of anilines is 1. The van der Waals surface area contributed by atoms with Gasteiger partial charge in [0.2, 0.25) is 0 Å². The standard InChI is InChI=1S/C15H27N3S/c1-7-8-16-13-9-12(11(2)3)17-14(18-13)10-19-15(4,5)6/h9,11H,7-8,10H2,1-6H3,(H,16,17,18). The highest BCUT2D eigenvalue weighted by Gasteiger charge is 2.13. The molecule has 0 atom stereocenters. The topological polar surface area (TPSA) is 37.8 Å². The van der Waals surface area contributed by atoms with Gasteiger partial charge in [-0.05, 0) is 12.3 Å². The average Bonchev–Trinajstić information content (AvgIpc) is 2.32. The van der Waals surface area contributed by atoms with Gasteiger partial charge in [0.15, 0.2) is 0 Å². The molecule has 0 saturated carbocycles. The van der Waals surface area contributed by atoms with Crippen molar-refractivity contribution in [2.45, 2.75) is 64.4 Å². The van der Waals surface area contributed by atoms with Crippen molar-refractivity contribution in [1.82, 2.24) is 9.97 Å². The minimum absolute atomic E-state index is 0.244. The molecule has 1 heterocycles. The smallest absolute Gasteiger partial charge is 0.140 e. The molecule has 0 radical (unpaired) electrons. The van der Waals surface area contributed by atoms with E-state index in [1.807, 2.05) is 11.8 Å². The van der Waals surface area contributed by atoms with E-state index in [0.29, 0.717) is 5.92 Å². The van der Waals surface area contributed by atoms with Crippen molar-refractivity contribution in [3.05, 3.63) is 17.6 Å². The van der Waals surface area contributed by atoms with Crippen molar-refractivity contribution in [1.29, 1.82) is 0 Å². The molecule has 0 aliphatic carbocycles. The summed E-state index contributed by atoms with van der Waals surface area (Å²) in [6, 6.07) is 2.07. The maximum absolute atomic E-state index is 4.67. The Morgan fingerprint density at radius 2 is 1.95 bits per heavy atom. The van der Waals surface area contributed by atoms with Crippen molar-refractivity contribution in [3.8, 4) is 0 Å². The van der Waals surface area contributed by atoms with Crippen LogP contribution in [0.1, 0.15) is 65.4 Å². The third-order valence-electron chi connectivity index (χ3n) is 2.57. The number of hydrogen-bond donors (Lipinski definition) is 1. The van der Waals surface area contributed by atoms with Crippen LogP contribution in [0, 0.1) is 0 Å². The summed E-state index contributed by atoms with van der Waals surface area (Å²) in [6.45, 7) is 14.1. The van der Waals surface area contributed by atoms with Crippen LogP contribution in [0.5, 0.6) is 0 Å². The molecular weight excluding hydrogens is 254 g/mol. The van der Waals surface area contributed by atoms with Crippen molar-refractivity contribution in [2.24, 2.45) is 0 Å². The minimum atomic E-state index is 0.244. The number of hydrogen-bond acceptors (Lipinski definition) is 4. The van der Waals surface area contributed by atoms with E-state index in [0.717, 1.165) is 36.1 Å². The molecule has 1 rings (SSSR count). The second-order valence-corrected chi connectivity index (χ2v) is 7.88. The third kappa shape index (κ3) is 6.28. The van der Waals surface area contributed by atoms with Crippen molar-refractivity contribution in [2.75, 3.05) is 11.9 Å². The first-order chi connectivity index (χ1) is 8.81. The Hall–Kier alpha value is -0.770. The van der Waals surface area contributed by atoms with Crippen LogP contribution in [0.25, 0.3) is 0 Å². The number of nitrogens with one attached hydrogen (secondary N) is 1. The maximum Gasteiger partial charge on any atom is 0.140 e. The number of rotatable bonds is 6. The Bertz CT molecular complexity index is 397. The van der Waals surface area contributed by atoms with Gasteiger partial charge in [-0.15, -0.1) is 11.8 Å². The van der Waals surface area contributed by atoms with Gasteiger partial charge in [-0.25, -0.2) is 9.97 Å². The second-order valence-electron chi connectivity index (χ2n) is 6.08. The summed E-state index contributed by atoms with van der Waals surface area (Å²) in [5.74, 6) is 3.20. The minimum Gasteiger partial charge on any atom is -0.370 e. The summed E-state index contributed by atoms with van der Waals surface area (Å²) >= 11 is 1.89. The molecular formula is C15H27N3S. The quantitative estimate of drug-likeness (QED) is 0.835. The summed E-state index contributed by atoms with van der Waals surface area (Å²) < 4.78 is 0.244. The predicted molar refractivity (Wildman–Crippen MR) is 85.9 cm³/mol. The van der Waals surface area contributed by atoms with Crippen molar-refractivity contribution >= 4 is 17.6 Å². The Kier molecular flexibility index (Phi) is 6.11. The lowest BCUT2D eigenvalue weighted by molar-refractivity contribution is 0.787. The first-order valence-electron chi connectivity index (χ1n) is 7.07. The summed E-state index contributed by atoms with van der Waals surface area (Å²) in [6.07, 6.45) is 1.10. The van der Waals surface area contributed by atoms with Crippen LogP contribution in [0.4, 0.5) is 5.82 Å². The Balaban J connectivity index is 2.86. The zero-order chi connectivity index (χ0) is 14.5. The monoisotopic (exact) mass is 281 g/mol. The van der Waals surface area contributed by atoms with Gasteiger partial charge in [0, 0.05) is 23.1 Å². The molecule has 0 bridgehead atoms. The molecule has 1 aromatic rings. The molecule has 0 amide bonds. The Morgan fingerprint density at radius 1 is 1.26 bits per heavy atom. The number of thioether (sulfide) groups is 1. The Morgan fingerprint density at radius 3 is 2.47 bits per heavy atom. The molecule has 0 aliphatic rings. The normalized spacial score (nSPS) is 11.9. The SMILES string of the molecule is CCCNc1cc(C(C)C)nc(CSC(C)(C)C)n1. The fraction of sp³-hybridized carbons (Fsp3) is 0.733. The number of nitrogens with zero attached hydrogens (tertiary/aromatic N) is 2. The zero-order valence-corrected chi connectivity index (χ0v) is 13.9. The summed E-state index contributed by atoms with van der Waals surface area (Å²) in [5.41, 5.74) is 1.12. The molecule has 0 aliphatic heterocycles. The molecule has 19 heavy (non-hydrogen) atoms. The van der Waals surface area contributed by atoms with Crippen molar-refractivity contribution in [3.63, 3.8) is 0 Å². The van der Waals surface area contributed by atoms with E-state index in [1.165, 1.54) is 0 Å². The second kappa shape index (κ2) is 7.13. The van der Waals surface area contributed by atoms with Gasteiger partial charge in [0.1, 0.15) is 11.6 Å². The van der Waals surface area contributed by atoms with Crippen LogP contribution in [-0.4, -0.2) is 21.3 Å². The fourth-order valence-electron chi connectivity index (χ4n) is 1.50. The van der Waals surface area contributed by atoms with Gasteiger partial charge < -0.3 is 5.32 Å². The van der Waals surface area contributed by atoms with Crippen LogP contribution in [-0.2, 0) is 5.75 Å². The van der Waals surface area contributed by atoms with E-state index in [-0.39, 0.29) is 4.75 Å². The highest BCUT2D eigenvalue weighted by atomic mass is 32.2. The first-order valence-corrected chi connectivity index (χ1v) is 8.06. The highest BCUT2D eigenvalue weighted by Crippen LogP contribution is 2.27. The fourth-order valence-corrected chi connectivity index (χ4v) is 2.19. The average molecular weight is 281 g/mol. The zero-order valence-electron chi connectivity index (χ0n) is 13.1. The number of aromatic nitrogens is 2. The molecule has 0 fully saturated rings. The van der Waals surface area contributed by atoms with Gasteiger partial charge in [-0.2, -0.15) is 0 Å². The molecule has 3 nitrogen and oxygen atoms in total. The van der Waals surface area contributed by atoms with Crippen molar-refractivity contribution < 1.29 is 0 Å². The molecule has 0 saturated heterocycles. The molecule has 0 aromatic carbocycles. The Labute approximate surface area is 122 Å². The molecule has 1 N–H and O–H groups in total. The predicted octanol–water partition coefficient (Wildman–Crippen LogP) is 4.45. The lowest BCUT2D eigenvalue weighted by Gasteiger charge is -2.18. The molecule has 0 unspecified atom stereocenters. The summed E-state index contributed by atoms with van der Waals surface area (Å²) in [5, 5.41) is 3.37. The van der Waals surface area contributed by atoms with Gasteiger partial charge in [0.05, 0.1) is 5.75 Å². The summed E-state index contributed by atoms with van der Waals surface area (Å²) in [7, 11) is 0. The van der Waals surface area contributed by atoms with Crippen LogP contribution < -0.4 is 5.32 Å². The lowest BCUT2D eigenvalue weighted by atomic mass is 10.1. The third-order valence-corrected chi connectivity index (χ3v) is 3.84. The summed E-state index contributed by atoms with van der Waals surface area (Å²) in [4.78, 5) is 9.29. The highest BCUT2D eigenvalue weighted by molar-refractivity contribution is 7.99. The van der Waals surface area contributed by atoms with Gasteiger partial charge >= 0.3 is 0 Å². The van der Waals surface area contributed by atoms with Crippen LogP contribution in [0.2, 0.25) is 0 Å². The van der Waals surface area contributed by atoms with Crippen LogP contribution >= 0.6 is 11.8 Å². The molecule has 4 heteroatoms. The van der Waals surface area contributed by atoms with Gasteiger partial charge in [-0.1, -0.05) is 41.5 Å². The molecule has 108 valence electrons. The van der Waals surface area contributed by atoms with Crippen LogP contribution in [0.3, 0.4) is 0 Å². The molecule has 0 spiro atoms. The lowest BCUT2D eigenvalue weighted by Crippen LogP contribution is -2.11. The molecule has 1 aromatic heterocycles. The van der Waals surface area contributed by atoms with Gasteiger partial charge in [-0.3, -0.25) is 0 Å². The van der Waals surface area contributed by atoms with E-state index in [1.54, 1.807) is 0 Å². The van der Waals surface area contributed by atoms with E-state index in [9.17, 15) is 0 Å². The largest absolute Gasteiger partial charge is 0.370 e. The van der Waals surface area contributed by atoms with E-state index < -0.39 is 0 Å². The van der Waals surface area contributed by atoms with E-state index in [4.69, 9.17) is 0 Å². The maximum atomic E-state index is 4.67. The van der Waals surface area contributed by atoms with E-state index >= 15 is 0 Å². The van der Waals surface area contributed by atoms with Crippen LogP contribution in [0.15, 0.2) is 6.07 Å². The first kappa shape index (κ1) is 16.3.